The summed E-state index contributed by atoms with van der Waals surface area (Å²) < 4.78 is 0. The van der Waals surface area contributed by atoms with Crippen LogP contribution in [0.4, 0.5) is 0 Å². The number of carbonyl (C=O) groups is 2. The minimum Gasteiger partial charge on any atom is -0.392 e. The number of unbranched alkanes of at least 4 members (excludes halogenated alkanes) is 2. The zero-order valence-electron chi connectivity index (χ0n) is 18.9. The van der Waals surface area contributed by atoms with E-state index in [-0.39, 0.29) is 23.7 Å². The number of amides is 1. The van der Waals surface area contributed by atoms with Crippen molar-refractivity contribution in [2.75, 3.05) is 14.1 Å². The lowest BCUT2D eigenvalue weighted by Gasteiger charge is -2.18. The van der Waals surface area contributed by atoms with Gasteiger partial charge in [-0.15, -0.1) is 0 Å². The van der Waals surface area contributed by atoms with Gasteiger partial charge in [0.25, 0.3) is 0 Å². The second kappa shape index (κ2) is 11.7. The van der Waals surface area contributed by atoms with Crippen LogP contribution >= 0.6 is 0 Å². The van der Waals surface area contributed by atoms with E-state index in [0.29, 0.717) is 30.6 Å². The lowest BCUT2D eigenvalue weighted by molar-refractivity contribution is -0.128. The Bertz CT molecular complexity index is 607. The van der Waals surface area contributed by atoms with E-state index in [2.05, 4.69) is 19.9 Å². The minimum atomic E-state index is -0.331. The summed E-state index contributed by atoms with van der Waals surface area (Å²) in [5, 5.41) is 10.5. The SMILES string of the molecule is CCCC[C@H](C)CC(=O)C=C[C@@H]1[C@H]2CC(CCCCC(=O)N(C)C)=C[C@H]2C[C@H]1O. The molecular formula is C25H41NO3. The first-order chi connectivity index (χ1) is 13.8. The van der Waals surface area contributed by atoms with Gasteiger partial charge in [-0.05, 0) is 55.9 Å². The molecule has 0 spiro atoms. The van der Waals surface area contributed by atoms with Gasteiger partial charge in [-0.25, -0.2) is 0 Å². The zero-order valence-corrected chi connectivity index (χ0v) is 18.9. The number of aliphatic hydroxyl groups excluding tert-OH is 1. The molecule has 5 atom stereocenters. The molecule has 4 heteroatoms. The average Bonchev–Trinajstić information content (AvgIpc) is 3.17. The van der Waals surface area contributed by atoms with Crippen LogP contribution in [0, 0.1) is 23.7 Å². The molecule has 29 heavy (non-hydrogen) atoms. The van der Waals surface area contributed by atoms with E-state index in [1.807, 2.05) is 6.08 Å². The van der Waals surface area contributed by atoms with Crippen molar-refractivity contribution in [3.63, 3.8) is 0 Å². The Morgan fingerprint density at radius 2 is 2.03 bits per heavy atom. The number of nitrogens with zero attached hydrogens (tertiary/aromatic N) is 1. The molecule has 0 aromatic rings. The van der Waals surface area contributed by atoms with E-state index >= 15 is 0 Å². The quantitative estimate of drug-likeness (QED) is 0.286. The molecule has 0 aromatic heterocycles. The summed E-state index contributed by atoms with van der Waals surface area (Å²) in [7, 11) is 3.61. The van der Waals surface area contributed by atoms with E-state index in [1.165, 1.54) is 18.4 Å². The third kappa shape index (κ3) is 7.40. The van der Waals surface area contributed by atoms with Gasteiger partial charge < -0.3 is 10.0 Å². The van der Waals surface area contributed by atoms with Gasteiger partial charge >= 0.3 is 0 Å². The van der Waals surface area contributed by atoms with Gasteiger partial charge in [0.1, 0.15) is 0 Å². The van der Waals surface area contributed by atoms with Crippen LogP contribution in [-0.4, -0.2) is 41.9 Å². The van der Waals surface area contributed by atoms with Gasteiger partial charge in [0.2, 0.25) is 5.91 Å². The summed E-state index contributed by atoms with van der Waals surface area (Å²) in [5.74, 6) is 1.80. The maximum absolute atomic E-state index is 12.3. The van der Waals surface area contributed by atoms with Gasteiger partial charge in [0.05, 0.1) is 6.10 Å². The first kappa shape index (κ1) is 23.9. The smallest absolute Gasteiger partial charge is 0.222 e. The van der Waals surface area contributed by atoms with Crippen LogP contribution < -0.4 is 0 Å². The molecule has 0 heterocycles. The molecule has 0 radical (unpaired) electrons. The number of hydrogen-bond acceptors (Lipinski definition) is 3. The Labute approximate surface area is 177 Å². The van der Waals surface area contributed by atoms with Crippen LogP contribution in [0.1, 0.15) is 78.1 Å². The van der Waals surface area contributed by atoms with Gasteiger partial charge in [0.15, 0.2) is 5.78 Å². The van der Waals surface area contributed by atoms with E-state index in [0.717, 1.165) is 38.5 Å². The highest BCUT2D eigenvalue weighted by Crippen LogP contribution is 2.48. The van der Waals surface area contributed by atoms with Crippen molar-refractivity contribution in [3.05, 3.63) is 23.8 Å². The van der Waals surface area contributed by atoms with Crippen molar-refractivity contribution < 1.29 is 14.7 Å². The third-order valence-corrected chi connectivity index (χ3v) is 6.69. The van der Waals surface area contributed by atoms with Crippen LogP contribution in [0.2, 0.25) is 0 Å². The van der Waals surface area contributed by atoms with Crippen molar-refractivity contribution in [1.29, 1.82) is 0 Å². The van der Waals surface area contributed by atoms with Crippen LogP contribution in [-0.2, 0) is 9.59 Å². The lowest BCUT2D eigenvalue weighted by Crippen LogP contribution is -2.21. The van der Waals surface area contributed by atoms with Crippen molar-refractivity contribution >= 4 is 11.7 Å². The summed E-state index contributed by atoms with van der Waals surface area (Å²) in [6, 6.07) is 0. The fraction of sp³-hybridized carbons (Fsp3) is 0.760. The second-order valence-corrected chi connectivity index (χ2v) is 9.51. The van der Waals surface area contributed by atoms with Crippen molar-refractivity contribution in [2.45, 2.75) is 84.2 Å². The number of ketones is 1. The highest BCUT2D eigenvalue weighted by Gasteiger charge is 2.43. The summed E-state index contributed by atoms with van der Waals surface area (Å²) >= 11 is 0. The summed E-state index contributed by atoms with van der Waals surface area (Å²) in [6.45, 7) is 4.33. The van der Waals surface area contributed by atoms with Crippen LogP contribution in [0.25, 0.3) is 0 Å². The normalized spacial score (nSPS) is 27.1. The van der Waals surface area contributed by atoms with Gasteiger partial charge in [-0.2, -0.15) is 0 Å². The Morgan fingerprint density at radius 3 is 2.72 bits per heavy atom. The Balaban J connectivity index is 1.77. The standard InChI is InChI=1S/C25H41NO3/c1-5-6-9-18(2)14-21(27)12-13-22-23-16-19(15-20(23)17-24(22)28)10-7-8-11-25(29)26(3)4/h12-13,15,18,20,22-24,28H,5-11,14,16-17H2,1-4H3/t18-,20-,22+,23-,24+/m0/s1. The first-order valence-electron chi connectivity index (χ1n) is 11.6. The molecule has 1 fully saturated rings. The maximum atomic E-state index is 12.3. The molecule has 0 saturated heterocycles. The molecule has 1 N–H and O–H groups in total. The Morgan fingerprint density at radius 1 is 1.28 bits per heavy atom. The van der Waals surface area contributed by atoms with Gasteiger partial charge in [-0.1, -0.05) is 50.8 Å². The highest BCUT2D eigenvalue weighted by molar-refractivity contribution is 5.89. The number of fused-ring (bicyclic) bond motifs is 1. The van der Waals surface area contributed by atoms with Crippen LogP contribution in [0.15, 0.2) is 23.8 Å². The minimum absolute atomic E-state index is 0.0963. The molecule has 0 aliphatic heterocycles. The monoisotopic (exact) mass is 403 g/mol. The molecule has 0 unspecified atom stereocenters. The van der Waals surface area contributed by atoms with E-state index < -0.39 is 0 Å². The Hall–Kier alpha value is -1.42. The predicted molar refractivity (Wildman–Crippen MR) is 118 cm³/mol. The molecule has 164 valence electrons. The summed E-state index contributed by atoms with van der Waals surface area (Å²) in [4.78, 5) is 25.6. The lowest BCUT2D eigenvalue weighted by atomic mass is 9.88. The molecule has 1 amide bonds. The molecule has 4 nitrogen and oxygen atoms in total. The second-order valence-electron chi connectivity index (χ2n) is 9.51. The number of carbonyl (C=O) groups excluding carboxylic acids is 2. The molecule has 0 aromatic carbocycles. The van der Waals surface area contributed by atoms with E-state index in [4.69, 9.17) is 0 Å². The van der Waals surface area contributed by atoms with Crippen LogP contribution in [0.5, 0.6) is 0 Å². The van der Waals surface area contributed by atoms with Gasteiger partial charge in [-0.3, -0.25) is 9.59 Å². The molecular weight excluding hydrogens is 362 g/mol. The molecule has 2 aliphatic carbocycles. The van der Waals surface area contributed by atoms with E-state index in [1.54, 1.807) is 25.1 Å². The third-order valence-electron chi connectivity index (χ3n) is 6.69. The van der Waals surface area contributed by atoms with Crippen molar-refractivity contribution in [2.24, 2.45) is 23.7 Å². The maximum Gasteiger partial charge on any atom is 0.222 e. The highest BCUT2D eigenvalue weighted by atomic mass is 16.3. The number of aliphatic hydroxyl groups is 1. The molecule has 2 aliphatic rings. The fourth-order valence-corrected chi connectivity index (χ4v) is 4.93. The average molecular weight is 404 g/mol. The number of hydrogen-bond donors (Lipinski definition) is 1. The number of rotatable bonds is 12. The molecule has 2 rings (SSSR count). The molecule has 1 saturated carbocycles. The first-order valence-corrected chi connectivity index (χ1v) is 11.6. The molecule has 0 bridgehead atoms. The zero-order chi connectivity index (χ0) is 21.4. The number of allylic oxidation sites excluding steroid dienone is 3. The topological polar surface area (TPSA) is 57.6 Å². The Kier molecular flexibility index (Phi) is 9.61. The summed E-state index contributed by atoms with van der Waals surface area (Å²) in [5.41, 5.74) is 1.47. The van der Waals surface area contributed by atoms with E-state index in [9.17, 15) is 14.7 Å². The largest absolute Gasteiger partial charge is 0.392 e. The van der Waals surface area contributed by atoms with Crippen molar-refractivity contribution in [1.82, 2.24) is 4.90 Å². The summed E-state index contributed by atoms with van der Waals surface area (Å²) in [6.07, 6.45) is 15.3. The predicted octanol–water partition coefficient (Wildman–Crippen LogP) is 4.92. The van der Waals surface area contributed by atoms with Gasteiger partial charge in [0, 0.05) is 32.9 Å². The van der Waals surface area contributed by atoms with Crippen molar-refractivity contribution in [3.8, 4) is 0 Å². The fourth-order valence-electron chi connectivity index (χ4n) is 4.93. The van der Waals surface area contributed by atoms with Crippen LogP contribution in [0.3, 0.4) is 0 Å².